The molecular weight excluding hydrogens is 322 g/mol. The summed E-state index contributed by atoms with van der Waals surface area (Å²) in [6.07, 6.45) is 1.87. The van der Waals surface area contributed by atoms with Crippen molar-refractivity contribution in [2.75, 3.05) is 11.6 Å². The second-order valence-corrected chi connectivity index (χ2v) is 7.48. The van der Waals surface area contributed by atoms with E-state index >= 15 is 0 Å². The first-order chi connectivity index (χ1) is 10.5. The fraction of sp³-hybridized carbons (Fsp3) is 0.429. The number of hydrogen-bond acceptors (Lipinski definition) is 6. The van der Waals surface area contributed by atoms with Crippen LogP contribution in [0.15, 0.2) is 27.7 Å². The molecule has 2 atom stereocenters. The van der Waals surface area contributed by atoms with Gasteiger partial charge in [-0.3, -0.25) is 9.59 Å². The Kier molecular flexibility index (Phi) is 4.39. The van der Waals surface area contributed by atoms with E-state index in [9.17, 15) is 9.59 Å². The van der Waals surface area contributed by atoms with Crippen LogP contribution >= 0.6 is 23.5 Å². The molecule has 1 unspecified atom stereocenters. The molecule has 0 spiro atoms. The third-order valence-corrected chi connectivity index (χ3v) is 5.40. The maximum Gasteiger partial charge on any atom is 0.290 e. The zero-order valence-electron chi connectivity index (χ0n) is 12.3. The Morgan fingerprint density at radius 2 is 2.23 bits per heavy atom. The van der Waals surface area contributed by atoms with Crippen molar-refractivity contribution in [1.82, 2.24) is 15.5 Å². The fourth-order valence-electron chi connectivity index (χ4n) is 2.29. The molecule has 1 saturated heterocycles. The lowest BCUT2D eigenvalue weighted by Gasteiger charge is -2.23. The number of carbonyl (C=O) groups is 2. The van der Waals surface area contributed by atoms with E-state index in [-0.39, 0.29) is 23.1 Å². The molecule has 118 valence electrons. The van der Waals surface area contributed by atoms with Crippen molar-refractivity contribution in [3.63, 3.8) is 0 Å². The number of nitrogens with one attached hydrogen (secondary N) is 2. The van der Waals surface area contributed by atoms with Crippen LogP contribution < -0.4 is 10.6 Å². The van der Waals surface area contributed by atoms with Crippen molar-refractivity contribution in [2.24, 2.45) is 0 Å². The Hall–Kier alpha value is -1.54. The molecule has 1 fully saturated rings. The quantitative estimate of drug-likeness (QED) is 0.873. The fourth-order valence-corrected chi connectivity index (χ4v) is 4.27. The van der Waals surface area contributed by atoms with Crippen molar-refractivity contribution in [2.45, 2.75) is 25.4 Å². The van der Waals surface area contributed by atoms with E-state index in [0.29, 0.717) is 17.4 Å². The van der Waals surface area contributed by atoms with Crippen LogP contribution in [0.4, 0.5) is 0 Å². The molecule has 0 aliphatic carbocycles. The Morgan fingerprint density at radius 1 is 1.41 bits per heavy atom. The molecule has 22 heavy (non-hydrogen) atoms. The van der Waals surface area contributed by atoms with Crippen LogP contribution in [0, 0.1) is 6.92 Å². The van der Waals surface area contributed by atoms with Crippen molar-refractivity contribution in [3.05, 3.63) is 34.8 Å². The van der Waals surface area contributed by atoms with E-state index in [2.05, 4.69) is 10.6 Å². The summed E-state index contributed by atoms with van der Waals surface area (Å²) in [5.74, 6) is 1.68. The Bertz CT molecular complexity index is 629. The van der Waals surface area contributed by atoms with E-state index < -0.39 is 6.04 Å². The van der Waals surface area contributed by atoms with Gasteiger partial charge in [0.1, 0.15) is 11.8 Å². The van der Waals surface area contributed by atoms with Gasteiger partial charge >= 0.3 is 0 Å². The van der Waals surface area contributed by atoms with Crippen LogP contribution in [0.3, 0.4) is 0 Å². The second-order valence-electron chi connectivity index (χ2n) is 5.13. The van der Waals surface area contributed by atoms with E-state index in [1.54, 1.807) is 47.5 Å². The minimum Gasteiger partial charge on any atom is -0.456 e. The molecule has 0 aromatic carbocycles. The third-order valence-electron chi connectivity index (χ3n) is 3.41. The van der Waals surface area contributed by atoms with Gasteiger partial charge in [-0.25, -0.2) is 0 Å². The highest BCUT2D eigenvalue weighted by atomic mass is 32.2. The predicted octanol–water partition coefficient (Wildman–Crippen LogP) is 1.70. The van der Waals surface area contributed by atoms with Crippen LogP contribution in [-0.2, 0) is 4.79 Å². The number of thioether (sulfide) groups is 2. The molecule has 0 bridgehead atoms. The largest absolute Gasteiger partial charge is 0.456 e. The number of rotatable bonds is 3. The minimum absolute atomic E-state index is 0.144. The molecule has 3 heterocycles. The van der Waals surface area contributed by atoms with Gasteiger partial charge in [0.2, 0.25) is 5.91 Å². The normalized spacial score (nSPS) is 24.1. The average Bonchev–Trinajstić information content (AvgIpc) is 3.19. The lowest BCUT2D eigenvalue weighted by Crippen LogP contribution is -2.51. The number of amides is 2. The summed E-state index contributed by atoms with van der Waals surface area (Å²) < 4.78 is 5.38. The molecule has 0 saturated carbocycles. The number of furan rings is 1. The SMILES string of the molecule is CC1=CNC(NC(=O)[C@H]2CSCN2C(=O)c2ccc(C)o2)S1. The average molecular weight is 339 g/mol. The van der Waals surface area contributed by atoms with Gasteiger partial charge in [0.05, 0.1) is 5.88 Å². The van der Waals surface area contributed by atoms with Crippen molar-refractivity contribution >= 4 is 35.3 Å². The molecule has 1 aromatic heterocycles. The van der Waals surface area contributed by atoms with E-state index in [1.165, 1.54) is 0 Å². The maximum absolute atomic E-state index is 12.5. The van der Waals surface area contributed by atoms with Gasteiger partial charge in [0, 0.05) is 16.9 Å². The zero-order chi connectivity index (χ0) is 15.7. The molecule has 8 heteroatoms. The van der Waals surface area contributed by atoms with Crippen molar-refractivity contribution in [3.8, 4) is 0 Å². The summed E-state index contributed by atoms with van der Waals surface area (Å²) in [6, 6.07) is 2.93. The van der Waals surface area contributed by atoms with Gasteiger partial charge in [-0.15, -0.1) is 11.8 Å². The first-order valence-electron chi connectivity index (χ1n) is 6.89. The van der Waals surface area contributed by atoms with Crippen molar-refractivity contribution < 1.29 is 14.0 Å². The highest BCUT2D eigenvalue weighted by Gasteiger charge is 2.37. The van der Waals surface area contributed by atoms with Crippen LogP contribution in [0.2, 0.25) is 0 Å². The molecule has 2 amide bonds. The van der Waals surface area contributed by atoms with E-state index in [1.807, 2.05) is 13.1 Å². The lowest BCUT2D eigenvalue weighted by molar-refractivity contribution is -0.124. The maximum atomic E-state index is 12.5. The Labute approximate surface area is 137 Å². The smallest absolute Gasteiger partial charge is 0.290 e. The van der Waals surface area contributed by atoms with Gasteiger partial charge in [-0.05, 0) is 26.0 Å². The number of carbonyl (C=O) groups excluding carboxylic acids is 2. The molecule has 6 nitrogen and oxygen atoms in total. The summed E-state index contributed by atoms with van der Waals surface area (Å²) in [5.41, 5.74) is -0.166. The van der Waals surface area contributed by atoms with Gasteiger partial charge in [-0.1, -0.05) is 11.8 Å². The Balaban J connectivity index is 1.65. The Morgan fingerprint density at radius 3 is 2.86 bits per heavy atom. The third kappa shape index (κ3) is 3.12. The van der Waals surface area contributed by atoms with Crippen LogP contribution in [-0.4, -0.2) is 39.9 Å². The second kappa shape index (κ2) is 6.29. The summed E-state index contributed by atoms with van der Waals surface area (Å²) in [7, 11) is 0. The molecule has 2 aliphatic heterocycles. The summed E-state index contributed by atoms with van der Waals surface area (Å²) >= 11 is 3.12. The van der Waals surface area contributed by atoms with Crippen LogP contribution in [0.25, 0.3) is 0 Å². The number of allylic oxidation sites excluding steroid dienone is 1. The summed E-state index contributed by atoms with van der Waals surface area (Å²) in [6.45, 7) is 3.77. The summed E-state index contributed by atoms with van der Waals surface area (Å²) in [4.78, 5) is 27.6. The summed E-state index contributed by atoms with van der Waals surface area (Å²) in [5, 5.41) is 6.00. The molecule has 2 N–H and O–H groups in total. The monoisotopic (exact) mass is 339 g/mol. The van der Waals surface area contributed by atoms with E-state index in [4.69, 9.17) is 4.42 Å². The van der Waals surface area contributed by atoms with Crippen molar-refractivity contribution in [1.29, 1.82) is 0 Å². The van der Waals surface area contributed by atoms with Gasteiger partial charge in [-0.2, -0.15) is 0 Å². The topological polar surface area (TPSA) is 74.6 Å². The standard InChI is InChI=1S/C14H17N3O3S2/c1-8-3-4-11(20-8)13(19)17-7-21-6-10(17)12(18)16-14-15-5-9(2)22-14/h3-5,10,14-15H,6-7H2,1-2H3,(H,16,18)/t10-,14?/m1/s1. The van der Waals surface area contributed by atoms with Gasteiger partial charge < -0.3 is 20.0 Å². The first-order valence-corrected chi connectivity index (χ1v) is 8.93. The first kappa shape index (κ1) is 15.4. The highest BCUT2D eigenvalue weighted by molar-refractivity contribution is 8.03. The van der Waals surface area contributed by atoms with E-state index in [0.717, 1.165) is 4.91 Å². The molecule has 2 aliphatic rings. The van der Waals surface area contributed by atoms with Crippen LogP contribution in [0.1, 0.15) is 23.2 Å². The number of nitrogens with zero attached hydrogens (tertiary/aromatic N) is 1. The predicted molar refractivity (Wildman–Crippen MR) is 87.1 cm³/mol. The molecule has 1 aromatic rings. The molecular formula is C14H17N3O3S2. The molecule has 3 rings (SSSR count). The number of hydrogen-bond donors (Lipinski definition) is 2. The lowest BCUT2D eigenvalue weighted by atomic mass is 10.2. The minimum atomic E-state index is -0.466. The van der Waals surface area contributed by atoms with Crippen LogP contribution in [0.5, 0.6) is 0 Å². The van der Waals surface area contributed by atoms with Gasteiger partial charge in [0.25, 0.3) is 5.91 Å². The molecule has 0 radical (unpaired) electrons. The highest BCUT2D eigenvalue weighted by Crippen LogP contribution is 2.26. The zero-order valence-corrected chi connectivity index (χ0v) is 13.9. The number of aryl methyl sites for hydroxylation is 1. The van der Waals surface area contributed by atoms with Gasteiger partial charge in [0.15, 0.2) is 11.3 Å².